The van der Waals surface area contributed by atoms with Gasteiger partial charge >= 0.3 is 0 Å². The van der Waals surface area contributed by atoms with Gasteiger partial charge < -0.3 is 14.8 Å². The van der Waals surface area contributed by atoms with Gasteiger partial charge in [0.2, 0.25) is 6.79 Å². The SMILES string of the molecule is Clc1cc2c(cc1[C@H]1CCCCN1)OCO2. The third kappa shape index (κ3) is 1.74. The molecule has 0 amide bonds. The molecule has 3 nitrogen and oxygen atoms in total. The van der Waals surface area contributed by atoms with Crippen LogP contribution in [0.3, 0.4) is 0 Å². The van der Waals surface area contributed by atoms with E-state index in [-0.39, 0.29) is 0 Å². The Balaban J connectivity index is 1.94. The predicted octanol–water partition coefficient (Wildman–Crippen LogP) is 2.88. The van der Waals surface area contributed by atoms with Crippen LogP contribution in [0.5, 0.6) is 11.5 Å². The van der Waals surface area contributed by atoms with Crippen molar-refractivity contribution in [2.45, 2.75) is 25.3 Å². The highest BCUT2D eigenvalue weighted by Crippen LogP contribution is 2.40. The van der Waals surface area contributed by atoms with Gasteiger partial charge in [0, 0.05) is 17.1 Å². The Bertz CT molecular complexity index is 402. The molecule has 3 rings (SSSR count). The van der Waals surface area contributed by atoms with Crippen LogP contribution in [0.4, 0.5) is 0 Å². The molecule has 0 saturated carbocycles. The van der Waals surface area contributed by atoms with Crippen LogP contribution in [-0.4, -0.2) is 13.3 Å². The smallest absolute Gasteiger partial charge is 0.231 e. The van der Waals surface area contributed by atoms with Crippen LogP contribution in [-0.2, 0) is 0 Å². The molecule has 1 atom stereocenters. The summed E-state index contributed by atoms with van der Waals surface area (Å²) < 4.78 is 10.7. The highest BCUT2D eigenvalue weighted by molar-refractivity contribution is 6.31. The van der Waals surface area contributed by atoms with Crippen LogP contribution >= 0.6 is 11.6 Å². The summed E-state index contributed by atoms with van der Waals surface area (Å²) >= 11 is 6.27. The second-order valence-corrected chi connectivity index (χ2v) is 4.64. The highest BCUT2D eigenvalue weighted by atomic mass is 35.5. The van der Waals surface area contributed by atoms with E-state index in [1.165, 1.54) is 12.8 Å². The summed E-state index contributed by atoms with van der Waals surface area (Å²) in [5, 5.41) is 4.25. The Morgan fingerprint density at radius 3 is 2.75 bits per heavy atom. The van der Waals surface area contributed by atoms with E-state index in [1.54, 1.807) is 0 Å². The molecular weight excluding hydrogens is 226 g/mol. The Kier molecular flexibility index (Phi) is 2.65. The van der Waals surface area contributed by atoms with Gasteiger partial charge in [-0.3, -0.25) is 0 Å². The first kappa shape index (κ1) is 10.2. The molecule has 0 radical (unpaired) electrons. The molecule has 86 valence electrons. The van der Waals surface area contributed by atoms with Crippen molar-refractivity contribution in [2.24, 2.45) is 0 Å². The van der Waals surface area contributed by atoms with Crippen molar-refractivity contribution < 1.29 is 9.47 Å². The van der Waals surface area contributed by atoms with Crippen molar-refractivity contribution in [2.75, 3.05) is 13.3 Å². The van der Waals surface area contributed by atoms with Gasteiger partial charge in [-0.05, 0) is 31.0 Å². The standard InChI is InChI=1S/C12H14ClNO2/c13-9-6-12-11(15-7-16-12)5-8(9)10-3-1-2-4-14-10/h5-6,10,14H,1-4,7H2/t10-/m1/s1. The molecule has 1 fully saturated rings. The van der Waals surface area contributed by atoms with Crippen LogP contribution in [0.1, 0.15) is 30.9 Å². The molecule has 0 unspecified atom stereocenters. The lowest BCUT2D eigenvalue weighted by Crippen LogP contribution is -2.26. The van der Waals surface area contributed by atoms with E-state index >= 15 is 0 Å². The number of piperidine rings is 1. The molecule has 0 aliphatic carbocycles. The van der Waals surface area contributed by atoms with Gasteiger partial charge in [-0.1, -0.05) is 18.0 Å². The number of rotatable bonds is 1. The first-order valence-corrected chi connectivity index (χ1v) is 6.05. The Labute approximate surface area is 99.7 Å². The maximum absolute atomic E-state index is 6.27. The number of nitrogens with one attached hydrogen (secondary N) is 1. The Hall–Kier alpha value is -0.930. The lowest BCUT2D eigenvalue weighted by molar-refractivity contribution is 0.174. The summed E-state index contributed by atoms with van der Waals surface area (Å²) in [5.41, 5.74) is 1.13. The summed E-state index contributed by atoms with van der Waals surface area (Å²) in [6.45, 7) is 1.36. The lowest BCUT2D eigenvalue weighted by Gasteiger charge is -2.24. The average molecular weight is 240 g/mol. The number of ether oxygens (including phenoxy) is 2. The maximum atomic E-state index is 6.27. The minimum absolute atomic E-state index is 0.299. The van der Waals surface area contributed by atoms with Crippen LogP contribution in [0, 0.1) is 0 Å². The van der Waals surface area contributed by atoms with Crippen molar-refractivity contribution >= 4 is 11.6 Å². The van der Waals surface area contributed by atoms with Gasteiger partial charge in [0.25, 0.3) is 0 Å². The number of benzene rings is 1. The summed E-state index contributed by atoms with van der Waals surface area (Å²) in [6.07, 6.45) is 3.64. The summed E-state index contributed by atoms with van der Waals surface area (Å²) in [7, 11) is 0. The van der Waals surface area contributed by atoms with E-state index in [0.717, 1.165) is 35.1 Å². The zero-order valence-electron chi connectivity index (χ0n) is 8.96. The van der Waals surface area contributed by atoms with Crippen molar-refractivity contribution in [1.82, 2.24) is 5.32 Å². The van der Waals surface area contributed by atoms with E-state index in [9.17, 15) is 0 Å². The van der Waals surface area contributed by atoms with Gasteiger partial charge in [0.1, 0.15) is 0 Å². The fraction of sp³-hybridized carbons (Fsp3) is 0.500. The first-order chi connectivity index (χ1) is 7.84. The molecule has 2 heterocycles. The molecule has 1 saturated heterocycles. The topological polar surface area (TPSA) is 30.5 Å². The van der Waals surface area contributed by atoms with Crippen LogP contribution in [0.15, 0.2) is 12.1 Å². The number of fused-ring (bicyclic) bond motifs is 1. The molecule has 0 bridgehead atoms. The summed E-state index contributed by atoms with van der Waals surface area (Å²) in [6, 6.07) is 4.22. The minimum Gasteiger partial charge on any atom is -0.454 e. The largest absolute Gasteiger partial charge is 0.454 e. The van der Waals surface area contributed by atoms with Crippen molar-refractivity contribution in [3.63, 3.8) is 0 Å². The van der Waals surface area contributed by atoms with Crippen LogP contribution in [0.2, 0.25) is 5.02 Å². The van der Waals surface area contributed by atoms with E-state index in [1.807, 2.05) is 12.1 Å². The van der Waals surface area contributed by atoms with Crippen molar-refractivity contribution in [3.05, 3.63) is 22.7 Å². The molecule has 2 aliphatic rings. The quantitative estimate of drug-likeness (QED) is 0.818. The highest BCUT2D eigenvalue weighted by Gasteiger charge is 2.22. The van der Waals surface area contributed by atoms with E-state index in [4.69, 9.17) is 21.1 Å². The fourth-order valence-corrected chi connectivity index (χ4v) is 2.60. The normalized spacial score (nSPS) is 23.4. The second kappa shape index (κ2) is 4.15. The minimum atomic E-state index is 0.299. The van der Waals surface area contributed by atoms with Crippen LogP contribution < -0.4 is 14.8 Å². The first-order valence-electron chi connectivity index (χ1n) is 5.67. The zero-order valence-corrected chi connectivity index (χ0v) is 9.72. The molecule has 1 aromatic carbocycles. The van der Waals surface area contributed by atoms with Gasteiger partial charge in [0.05, 0.1) is 0 Å². The van der Waals surface area contributed by atoms with E-state index in [0.29, 0.717) is 12.8 Å². The van der Waals surface area contributed by atoms with E-state index in [2.05, 4.69) is 5.32 Å². The third-order valence-corrected chi connectivity index (χ3v) is 3.50. The molecule has 1 N–H and O–H groups in total. The van der Waals surface area contributed by atoms with Crippen LogP contribution in [0.25, 0.3) is 0 Å². The molecule has 2 aliphatic heterocycles. The van der Waals surface area contributed by atoms with Gasteiger partial charge in [-0.2, -0.15) is 0 Å². The fourth-order valence-electron chi connectivity index (χ4n) is 2.32. The Morgan fingerprint density at radius 1 is 1.19 bits per heavy atom. The summed E-state index contributed by atoms with van der Waals surface area (Å²) in [5.74, 6) is 1.57. The lowest BCUT2D eigenvalue weighted by atomic mass is 9.97. The number of hydrogen-bond donors (Lipinski definition) is 1. The molecular formula is C12H14ClNO2. The second-order valence-electron chi connectivity index (χ2n) is 4.23. The number of halogens is 1. The van der Waals surface area contributed by atoms with Crippen molar-refractivity contribution in [1.29, 1.82) is 0 Å². The average Bonchev–Trinajstić information content (AvgIpc) is 2.76. The Morgan fingerprint density at radius 2 is 2.00 bits per heavy atom. The van der Waals surface area contributed by atoms with Gasteiger partial charge in [-0.15, -0.1) is 0 Å². The molecule has 0 spiro atoms. The molecule has 1 aromatic rings. The predicted molar refractivity (Wildman–Crippen MR) is 62.2 cm³/mol. The maximum Gasteiger partial charge on any atom is 0.231 e. The van der Waals surface area contributed by atoms with Crippen molar-refractivity contribution in [3.8, 4) is 11.5 Å². The van der Waals surface area contributed by atoms with Gasteiger partial charge in [0.15, 0.2) is 11.5 Å². The monoisotopic (exact) mass is 239 g/mol. The van der Waals surface area contributed by atoms with E-state index < -0.39 is 0 Å². The molecule has 4 heteroatoms. The summed E-state index contributed by atoms with van der Waals surface area (Å²) in [4.78, 5) is 0. The number of hydrogen-bond acceptors (Lipinski definition) is 3. The third-order valence-electron chi connectivity index (χ3n) is 3.18. The zero-order chi connectivity index (χ0) is 11.0. The molecule has 16 heavy (non-hydrogen) atoms. The molecule has 0 aromatic heterocycles. The van der Waals surface area contributed by atoms with Gasteiger partial charge in [-0.25, -0.2) is 0 Å².